The van der Waals surface area contributed by atoms with Crippen LogP contribution in [0.1, 0.15) is 30.6 Å². The minimum absolute atomic E-state index is 0.0994. The molecule has 3 heterocycles. The number of rotatable bonds is 4. The van der Waals surface area contributed by atoms with Crippen LogP contribution in [-0.2, 0) is 23.9 Å². The molecular formula is C18H22N6O2. The SMILES string of the molecule is CC(=O)NC1(c2nc(C)no2)CCN(Cc2ccc3c(c2)ncn3C)C1. The third-order valence-electron chi connectivity index (χ3n) is 4.90. The number of aromatic nitrogens is 4. The summed E-state index contributed by atoms with van der Waals surface area (Å²) in [5.41, 5.74) is 2.67. The molecule has 1 fully saturated rings. The first-order chi connectivity index (χ1) is 12.4. The van der Waals surface area contributed by atoms with Crippen molar-refractivity contribution in [2.75, 3.05) is 13.1 Å². The van der Waals surface area contributed by atoms with Gasteiger partial charge in [0.2, 0.25) is 5.91 Å². The quantitative estimate of drug-likeness (QED) is 0.764. The minimum atomic E-state index is -0.623. The maximum atomic E-state index is 11.8. The zero-order chi connectivity index (χ0) is 18.3. The van der Waals surface area contributed by atoms with Gasteiger partial charge in [-0.2, -0.15) is 4.98 Å². The van der Waals surface area contributed by atoms with Crippen molar-refractivity contribution >= 4 is 16.9 Å². The summed E-state index contributed by atoms with van der Waals surface area (Å²) in [5, 5.41) is 6.93. The lowest BCUT2D eigenvalue weighted by Crippen LogP contribution is -2.47. The number of hydrogen-bond donors (Lipinski definition) is 1. The number of carbonyl (C=O) groups is 1. The third-order valence-corrected chi connectivity index (χ3v) is 4.90. The Balaban J connectivity index is 1.55. The van der Waals surface area contributed by atoms with Crippen LogP contribution >= 0.6 is 0 Å². The van der Waals surface area contributed by atoms with Crippen molar-refractivity contribution in [3.8, 4) is 0 Å². The van der Waals surface area contributed by atoms with E-state index in [0.717, 1.165) is 30.5 Å². The van der Waals surface area contributed by atoms with Crippen LogP contribution in [0.4, 0.5) is 0 Å². The summed E-state index contributed by atoms with van der Waals surface area (Å²) >= 11 is 0. The van der Waals surface area contributed by atoms with Crippen LogP contribution < -0.4 is 5.32 Å². The maximum absolute atomic E-state index is 11.8. The van der Waals surface area contributed by atoms with Gasteiger partial charge >= 0.3 is 0 Å². The van der Waals surface area contributed by atoms with Gasteiger partial charge in [-0.1, -0.05) is 11.2 Å². The summed E-state index contributed by atoms with van der Waals surface area (Å²) in [6, 6.07) is 6.33. The molecule has 0 spiro atoms. The van der Waals surface area contributed by atoms with E-state index in [1.54, 1.807) is 6.92 Å². The average molecular weight is 354 g/mol. The summed E-state index contributed by atoms with van der Waals surface area (Å²) in [7, 11) is 1.99. The number of amides is 1. The average Bonchev–Trinajstić information content (AvgIpc) is 3.28. The first kappa shape index (κ1) is 16.7. The van der Waals surface area contributed by atoms with Crippen molar-refractivity contribution in [2.45, 2.75) is 32.4 Å². The van der Waals surface area contributed by atoms with Gasteiger partial charge < -0.3 is 14.4 Å². The Kier molecular flexibility index (Phi) is 3.99. The summed E-state index contributed by atoms with van der Waals surface area (Å²) in [5.74, 6) is 0.953. The van der Waals surface area contributed by atoms with Crippen molar-refractivity contribution in [3.63, 3.8) is 0 Å². The molecule has 1 atom stereocenters. The van der Waals surface area contributed by atoms with Crippen LogP contribution in [0.3, 0.4) is 0 Å². The predicted molar refractivity (Wildman–Crippen MR) is 95.1 cm³/mol. The molecule has 26 heavy (non-hydrogen) atoms. The molecule has 4 rings (SSSR count). The fraction of sp³-hybridized carbons (Fsp3) is 0.444. The molecule has 1 aliphatic rings. The molecule has 136 valence electrons. The summed E-state index contributed by atoms with van der Waals surface area (Å²) in [4.78, 5) is 22.9. The van der Waals surface area contributed by atoms with E-state index in [1.807, 2.05) is 17.9 Å². The molecule has 1 aliphatic heterocycles. The highest BCUT2D eigenvalue weighted by Crippen LogP contribution is 2.32. The predicted octanol–water partition coefficient (Wildman–Crippen LogP) is 1.50. The van der Waals surface area contributed by atoms with Gasteiger partial charge in [-0.3, -0.25) is 9.69 Å². The normalized spacial score (nSPS) is 20.7. The fourth-order valence-corrected chi connectivity index (χ4v) is 3.72. The number of likely N-dealkylation sites (tertiary alicyclic amines) is 1. The summed E-state index contributed by atoms with van der Waals surface area (Å²) in [6.07, 6.45) is 2.56. The van der Waals surface area contributed by atoms with Crippen LogP contribution in [0.25, 0.3) is 11.0 Å². The van der Waals surface area contributed by atoms with E-state index >= 15 is 0 Å². The second kappa shape index (κ2) is 6.21. The molecule has 0 aliphatic carbocycles. The largest absolute Gasteiger partial charge is 0.341 e. The summed E-state index contributed by atoms with van der Waals surface area (Å²) in [6.45, 7) is 5.54. The lowest BCUT2D eigenvalue weighted by Gasteiger charge is -2.26. The first-order valence-corrected chi connectivity index (χ1v) is 8.67. The van der Waals surface area contributed by atoms with Gasteiger partial charge in [-0.25, -0.2) is 4.98 Å². The molecule has 0 bridgehead atoms. The Morgan fingerprint density at radius 3 is 3.00 bits per heavy atom. The fourth-order valence-electron chi connectivity index (χ4n) is 3.72. The molecule has 3 aromatic rings. The molecule has 1 amide bonds. The molecule has 0 saturated carbocycles. The smallest absolute Gasteiger partial charge is 0.253 e. The van der Waals surface area contributed by atoms with Gasteiger partial charge in [0.1, 0.15) is 5.54 Å². The molecular weight excluding hydrogens is 332 g/mol. The highest BCUT2D eigenvalue weighted by molar-refractivity contribution is 5.76. The van der Waals surface area contributed by atoms with Crippen molar-refractivity contribution in [2.24, 2.45) is 7.05 Å². The summed E-state index contributed by atoms with van der Waals surface area (Å²) < 4.78 is 7.40. The Morgan fingerprint density at radius 1 is 1.42 bits per heavy atom. The zero-order valence-electron chi connectivity index (χ0n) is 15.2. The Bertz CT molecular complexity index is 962. The van der Waals surface area contributed by atoms with Gasteiger partial charge in [-0.05, 0) is 31.0 Å². The van der Waals surface area contributed by atoms with E-state index in [-0.39, 0.29) is 5.91 Å². The topological polar surface area (TPSA) is 89.1 Å². The number of carbonyl (C=O) groups excluding carboxylic acids is 1. The van der Waals surface area contributed by atoms with Gasteiger partial charge in [-0.15, -0.1) is 0 Å². The Hall–Kier alpha value is -2.74. The van der Waals surface area contributed by atoms with E-state index in [1.165, 1.54) is 12.5 Å². The van der Waals surface area contributed by atoms with E-state index in [0.29, 0.717) is 18.3 Å². The van der Waals surface area contributed by atoms with E-state index in [4.69, 9.17) is 4.52 Å². The standard InChI is InChI=1S/C18H22N6O2/c1-12-20-17(26-22-12)18(21-13(2)25)6-7-24(10-18)9-14-4-5-16-15(8-14)19-11-23(16)3/h4-5,8,11H,6-7,9-10H2,1-3H3,(H,21,25). The molecule has 1 N–H and O–H groups in total. The van der Waals surface area contributed by atoms with Crippen LogP contribution in [0.2, 0.25) is 0 Å². The van der Waals surface area contributed by atoms with Crippen LogP contribution in [0.15, 0.2) is 29.0 Å². The molecule has 2 aromatic heterocycles. The molecule has 8 nitrogen and oxygen atoms in total. The number of imidazole rings is 1. The van der Waals surface area contributed by atoms with Crippen molar-refractivity contribution < 1.29 is 9.32 Å². The minimum Gasteiger partial charge on any atom is -0.341 e. The number of hydrogen-bond acceptors (Lipinski definition) is 6. The Morgan fingerprint density at radius 2 is 2.27 bits per heavy atom. The van der Waals surface area contributed by atoms with E-state index in [9.17, 15) is 4.79 Å². The van der Waals surface area contributed by atoms with Gasteiger partial charge in [0.15, 0.2) is 5.82 Å². The van der Waals surface area contributed by atoms with Gasteiger partial charge in [0, 0.05) is 33.6 Å². The van der Waals surface area contributed by atoms with Crippen LogP contribution in [-0.4, -0.2) is 43.6 Å². The monoisotopic (exact) mass is 354 g/mol. The zero-order valence-corrected chi connectivity index (χ0v) is 15.2. The molecule has 1 aromatic carbocycles. The highest BCUT2D eigenvalue weighted by Gasteiger charge is 2.45. The lowest BCUT2D eigenvalue weighted by molar-refractivity contribution is -0.121. The molecule has 0 radical (unpaired) electrons. The van der Waals surface area contributed by atoms with Crippen LogP contribution in [0.5, 0.6) is 0 Å². The molecule has 1 saturated heterocycles. The number of aryl methyl sites for hydroxylation is 2. The molecule has 8 heteroatoms. The molecule has 1 unspecified atom stereocenters. The second-order valence-corrected chi connectivity index (χ2v) is 7.05. The van der Waals surface area contributed by atoms with Gasteiger partial charge in [0.05, 0.1) is 17.4 Å². The van der Waals surface area contributed by atoms with Crippen LogP contribution in [0, 0.1) is 6.92 Å². The Labute approximate surface area is 151 Å². The van der Waals surface area contributed by atoms with E-state index < -0.39 is 5.54 Å². The van der Waals surface area contributed by atoms with Gasteiger partial charge in [0.25, 0.3) is 5.89 Å². The highest BCUT2D eigenvalue weighted by atomic mass is 16.5. The second-order valence-electron chi connectivity index (χ2n) is 7.05. The lowest BCUT2D eigenvalue weighted by atomic mass is 9.98. The number of nitrogens with zero attached hydrogens (tertiary/aromatic N) is 5. The maximum Gasteiger partial charge on any atom is 0.253 e. The van der Waals surface area contributed by atoms with Crippen molar-refractivity contribution in [1.29, 1.82) is 0 Å². The first-order valence-electron chi connectivity index (χ1n) is 8.67. The van der Waals surface area contributed by atoms with E-state index in [2.05, 4.69) is 43.5 Å². The van der Waals surface area contributed by atoms with Crippen molar-refractivity contribution in [3.05, 3.63) is 41.8 Å². The van der Waals surface area contributed by atoms with Crippen molar-refractivity contribution in [1.82, 2.24) is 29.9 Å². The number of benzene rings is 1. The third kappa shape index (κ3) is 2.96. The number of fused-ring (bicyclic) bond motifs is 1. The number of nitrogens with one attached hydrogen (secondary N) is 1.